The molecule has 22 heavy (non-hydrogen) atoms. The average Bonchev–Trinajstić information content (AvgIpc) is 2.50. The van der Waals surface area contributed by atoms with E-state index in [1.807, 2.05) is 25.3 Å². The molecule has 2 heterocycles. The first-order chi connectivity index (χ1) is 10.5. The summed E-state index contributed by atoms with van der Waals surface area (Å²) in [4.78, 5) is 8.63. The fraction of sp³-hybridized carbons (Fsp3) is 0.158. The number of nitrogens with two attached hydrogens (primary N) is 1. The summed E-state index contributed by atoms with van der Waals surface area (Å²) in [5, 5.41) is 0. The standard InChI is InChI=1S/C19H19N3/c1-12-4-5-13(2)17(8-12)16-10-18(19(20)22-11-16)15-6-7-21-14(3)9-15/h4-11H,1-3H3,(H2,20,22). The van der Waals surface area contributed by atoms with E-state index < -0.39 is 0 Å². The van der Waals surface area contributed by atoms with Crippen LogP contribution in [0, 0.1) is 20.8 Å². The van der Waals surface area contributed by atoms with Gasteiger partial charge in [0.1, 0.15) is 5.82 Å². The third-order valence-corrected chi connectivity index (χ3v) is 3.83. The predicted octanol–water partition coefficient (Wildman–Crippen LogP) is 4.32. The number of aromatic nitrogens is 2. The predicted molar refractivity (Wildman–Crippen MR) is 91.5 cm³/mol. The highest BCUT2D eigenvalue weighted by molar-refractivity contribution is 5.80. The molecule has 3 aromatic rings. The Morgan fingerprint density at radius 3 is 2.41 bits per heavy atom. The molecule has 0 unspecified atom stereocenters. The van der Waals surface area contributed by atoms with Crippen molar-refractivity contribution in [1.82, 2.24) is 9.97 Å². The lowest BCUT2D eigenvalue weighted by atomic mass is 9.97. The summed E-state index contributed by atoms with van der Waals surface area (Å²) in [5.41, 5.74) is 13.8. The second-order valence-corrected chi connectivity index (χ2v) is 5.66. The molecule has 3 rings (SSSR count). The van der Waals surface area contributed by atoms with E-state index in [2.05, 4.69) is 48.1 Å². The van der Waals surface area contributed by atoms with Crippen LogP contribution in [0.3, 0.4) is 0 Å². The number of pyridine rings is 2. The Kier molecular flexibility index (Phi) is 3.63. The molecule has 0 aliphatic rings. The van der Waals surface area contributed by atoms with Crippen LogP contribution >= 0.6 is 0 Å². The van der Waals surface area contributed by atoms with Crippen molar-refractivity contribution in [2.24, 2.45) is 0 Å². The topological polar surface area (TPSA) is 51.8 Å². The molecule has 0 fully saturated rings. The summed E-state index contributed by atoms with van der Waals surface area (Å²) in [6, 6.07) is 12.5. The molecule has 0 atom stereocenters. The Morgan fingerprint density at radius 1 is 0.818 bits per heavy atom. The lowest BCUT2D eigenvalue weighted by Gasteiger charge is -2.11. The second-order valence-electron chi connectivity index (χ2n) is 5.66. The minimum Gasteiger partial charge on any atom is -0.383 e. The molecule has 2 aromatic heterocycles. The van der Waals surface area contributed by atoms with Crippen LogP contribution in [0.2, 0.25) is 0 Å². The van der Waals surface area contributed by atoms with Crippen molar-refractivity contribution >= 4 is 5.82 Å². The summed E-state index contributed by atoms with van der Waals surface area (Å²) in [6.45, 7) is 6.18. The maximum atomic E-state index is 6.09. The van der Waals surface area contributed by atoms with Gasteiger partial charge in [-0.3, -0.25) is 4.98 Å². The van der Waals surface area contributed by atoms with Gasteiger partial charge in [0, 0.05) is 29.2 Å². The van der Waals surface area contributed by atoms with Crippen molar-refractivity contribution in [3.8, 4) is 22.3 Å². The fourth-order valence-corrected chi connectivity index (χ4v) is 2.61. The minimum atomic E-state index is 0.541. The third kappa shape index (κ3) is 2.70. The highest BCUT2D eigenvalue weighted by Crippen LogP contribution is 2.31. The summed E-state index contributed by atoms with van der Waals surface area (Å²) >= 11 is 0. The van der Waals surface area contributed by atoms with Crippen LogP contribution in [0.5, 0.6) is 0 Å². The van der Waals surface area contributed by atoms with E-state index in [1.165, 1.54) is 16.7 Å². The zero-order valence-corrected chi connectivity index (χ0v) is 13.1. The Labute approximate surface area is 130 Å². The summed E-state index contributed by atoms with van der Waals surface area (Å²) < 4.78 is 0. The number of hydrogen-bond acceptors (Lipinski definition) is 3. The first-order valence-electron chi connectivity index (χ1n) is 7.31. The fourth-order valence-electron chi connectivity index (χ4n) is 2.61. The third-order valence-electron chi connectivity index (χ3n) is 3.83. The van der Waals surface area contributed by atoms with Crippen molar-refractivity contribution in [3.63, 3.8) is 0 Å². The number of benzene rings is 1. The zero-order valence-electron chi connectivity index (χ0n) is 13.1. The summed E-state index contributed by atoms with van der Waals surface area (Å²) in [5.74, 6) is 0.541. The summed E-state index contributed by atoms with van der Waals surface area (Å²) in [6.07, 6.45) is 3.64. The molecule has 0 bridgehead atoms. The molecule has 0 radical (unpaired) electrons. The van der Waals surface area contributed by atoms with Crippen LogP contribution < -0.4 is 5.73 Å². The molecule has 0 aliphatic carbocycles. The van der Waals surface area contributed by atoms with Gasteiger partial charge in [-0.25, -0.2) is 4.98 Å². The lowest BCUT2D eigenvalue weighted by Crippen LogP contribution is -1.96. The van der Waals surface area contributed by atoms with Gasteiger partial charge in [-0.1, -0.05) is 23.8 Å². The van der Waals surface area contributed by atoms with E-state index in [0.29, 0.717) is 5.82 Å². The highest BCUT2D eigenvalue weighted by Gasteiger charge is 2.09. The van der Waals surface area contributed by atoms with Crippen molar-refractivity contribution < 1.29 is 0 Å². The Bertz CT molecular complexity index is 838. The molecule has 0 aliphatic heterocycles. The number of nitrogen functional groups attached to an aromatic ring is 1. The van der Waals surface area contributed by atoms with Crippen LogP contribution in [0.25, 0.3) is 22.3 Å². The van der Waals surface area contributed by atoms with Gasteiger partial charge in [-0.15, -0.1) is 0 Å². The average molecular weight is 289 g/mol. The molecule has 0 amide bonds. The van der Waals surface area contributed by atoms with Crippen molar-refractivity contribution in [2.45, 2.75) is 20.8 Å². The van der Waals surface area contributed by atoms with E-state index in [4.69, 9.17) is 5.73 Å². The molecule has 0 saturated heterocycles. The largest absolute Gasteiger partial charge is 0.383 e. The molecule has 2 N–H and O–H groups in total. The van der Waals surface area contributed by atoms with E-state index in [-0.39, 0.29) is 0 Å². The number of aryl methyl sites for hydroxylation is 3. The van der Waals surface area contributed by atoms with Crippen LogP contribution in [0.4, 0.5) is 5.82 Å². The van der Waals surface area contributed by atoms with E-state index in [1.54, 1.807) is 6.20 Å². The van der Waals surface area contributed by atoms with Gasteiger partial charge in [0.25, 0.3) is 0 Å². The van der Waals surface area contributed by atoms with E-state index in [9.17, 15) is 0 Å². The minimum absolute atomic E-state index is 0.541. The molecule has 3 nitrogen and oxygen atoms in total. The first kappa shape index (κ1) is 14.3. The van der Waals surface area contributed by atoms with Crippen molar-refractivity contribution in [1.29, 1.82) is 0 Å². The number of nitrogens with zero attached hydrogens (tertiary/aromatic N) is 2. The molecule has 0 saturated carbocycles. The van der Waals surface area contributed by atoms with Gasteiger partial charge in [0.15, 0.2) is 0 Å². The quantitative estimate of drug-likeness (QED) is 0.764. The number of anilines is 1. The second kappa shape index (κ2) is 5.60. The van der Waals surface area contributed by atoms with Gasteiger partial charge < -0.3 is 5.73 Å². The Balaban J connectivity index is 2.16. The van der Waals surface area contributed by atoms with Crippen LogP contribution in [-0.2, 0) is 0 Å². The normalized spacial score (nSPS) is 10.7. The molecule has 110 valence electrons. The number of rotatable bonds is 2. The Morgan fingerprint density at radius 2 is 1.64 bits per heavy atom. The number of hydrogen-bond donors (Lipinski definition) is 1. The molecular formula is C19H19N3. The highest BCUT2D eigenvalue weighted by atomic mass is 14.8. The van der Waals surface area contributed by atoms with Crippen molar-refractivity contribution in [3.05, 3.63) is 65.6 Å². The lowest BCUT2D eigenvalue weighted by molar-refractivity contribution is 1.20. The van der Waals surface area contributed by atoms with Gasteiger partial charge >= 0.3 is 0 Å². The maximum absolute atomic E-state index is 6.09. The van der Waals surface area contributed by atoms with Gasteiger partial charge in [0.05, 0.1) is 0 Å². The van der Waals surface area contributed by atoms with Gasteiger partial charge in [-0.05, 0) is 55.7 Å². The maximum Gasteiger partial charge on any atom is 0.131 e. The van der Waals surface area contributed by atoms with Crippen LogP contribution in [-0.4, -0.2) is 9.97 Å². The SMILES string of the molecule is Cc1ccc(C)c(-c2cnc(N)c(-c3ccnc(C)c3)c2)c1. The molecule has 3 heteroatoms. The molecular weight excluding hydrogens is 270 g/mol. The molecule has 0 spiro atoms. The van der Waals surface area contributed by atoms with E-state index in [0.717, 1.165) is 22.4 Å². The van der Waals surface area contributed by atoms with E-state index >= 15 is 0 Å². The monoisotopic (exact) mass is 289 g/mol. The smallest absolute Gasteiger partial charge is 0.131 e. The van der Waals surface area contributed by atoms with Crippen LogP contribution in [0.1, 0.15) is 16.8 Å². The molecule has 1 aromatic carbocycles. The van der Waals surface area contributed by atoms with Crippen molar-refractivity contribution in [2.75, 3.05) is 5.73 Å². The Hall–Kier alpha value is -2.68. The summed E-state index contributed by atoms with van der Waals surface area (Å²) in [7, 11) is 0. The zero-order chi connectivity index (χ0) is 15.7. The van der Waals surface area contributed by atoms with Crippen LogP contribution in [0.15, 0.2) is 48.8 Å². The van der Waals surface area contributed by atoms with Gasteiger partial charge in [0.2, 0.25) is 0 Å². The first-order valence-corrected chi connectivity index (χ1v) is 7.31. The van der Waals surface area contributed by atoms with Gasteiger partial charge in [-0.2, -0.15) is 0 Å².